The van der Waals surface area contributed by atoms with Gasteiger partial charge in [0.2, 0.25) is 5.88 Å². The summed E-state index contributed by atoms with van der Waals surface area (Å²) >= 11 is 1.25. The van der Waals surface area contributed by atoms with Gasteiger partial charge in [0, 0.05) is 18.1 Å². The molecule has 0 saturated carbocycles. The highest BCUT2D eigenvalue weighted by Gasteiger charge is 2.29. The van der Waals surface area contributed by atoms with Gasteiger partial charge in [-0.1, -0.05) is 18.2 Å². The van der Waals surface area contributed by atoms with Crippen LogP contribution in [0.3, 0.4) is 0 Å². The maximum Gasteiger partial charge on any atom is 0.257 e. The highest BCUT2D eigenvalue weighted by Crippen LogP contribution is 2.34. The highest BCUT2D eigenvalue weighted by atomic mass is 32.1. The molecule has 3 aromatic heterocycles. The van der Waals surface area contributed by atoms with Crippen molar-refractivity contribution in [2.45, 2.75) is 6.10 Å². The molecule has 5 rings (SSSR count). The predicted octanol–water partition coefficient (Wildman–Crippen LogP) is 3.68. The molecule has 9 heteroatoms. The number of hydrogen-bond acceptors (Lipinski definition) is 8. The van der Waals surface area contributed by atoms with E-state index in [1.165, 1.54) is 11.3 Å². The second-order valence-corrected chi connectivity index (χ2v) is 8.18. The number of rotatable bonds is 4. The van der Waals surface area contributed by atoms with E-state index >= 15 is 0 Å². The number of fused-ring (bicyclic) bond motifs is 1. The molecule has 0 spiro atoms. The van der Waals surface area contributed by atoms with Crippen LogP contribution in [0.1, 0.15) is 22.0 Å². The van der Waals surface area contributed by atoms with E-state index in [1.54, 1.807) is 35.7 Å². The molecule has 0 bridgehead atoms. The number of aromatic nitrogens is 3. The standard InChI is InChI=1S/C23H20N4O4S/c1-30-15-7-5-14(6-8-15)18-12-27(10-11-31-18)23(29)16-13-32-20-19(16)25-21(26-22(20)28)17-4-2-3-9-24-17/h2-9,13,18H,10-12H2,1H3,(H,25,26,28). The van der Waals surface area contributed by atoms with Crippen LogP contribution in [0.4, 0.5) is 0 Å². The second kappa shape index (κ2) is 8.52. The van der Waals surface area contributed by atoms with Crippen LogP contribution in [0.25, 0.3) is 21.7 Å². The molecule has 4 aromatic rings. The third kappa shape index (κ3) is 3.76. The monoisotopic (exact) mass is 448 g/mol. The molecular weight excluding hydrogens is 428 g/mol. The number of hydrogen-bond donors (Lipinski definition) is 1. The van der Waals surface area contributed by atoms with Gasteiger partial charge in [0.05, 0.1) is 25.8 Å². The molecule has 1 aliphatic rings. The first-order chi connectivity index (χ1) is 15.6. The Kier molecular flexibility index (Phi) is 5.42. The van der Waals surface area contributed by atoms with Crippen LogP contribution in [0.2, 0.25) is 0 Å². The van der Waals surface area contributed by atoms with Gasteiger partial charge in [0.1, 0.15) is 27.8 Å². The molecule has 162 valence electrons. The van der Waals surface area contributed by atoms with Crippen LogP contribution in [0.15, 0.2) is 54.0 Å². The molecule has 0 radical (unpaired) electrons. The Morgan fingerprint density at radius 3 is 2.81 bits per heavy atom. The number of carbonyl (C=O) groups is 1. The van der Waals surface area contributed by atoms with Gasteiger partial charge in [0.15, 0.2) is 5.82 Å². The Balaban J connectivity index is 1.44. The minimum Gasteiger partial charge on any atom is -0.497 e. The fourth-order valence-electron chi connectivity index (χ4n) is 3.69. The molecule has 0 aliphatic carbocycles. The number of ether oxygens (including phenoxy) is 2. The molecular formula is C23H20N4O4S. The zero-order valence-corrected chi connectivity index (χ0v) is 18.1. The molecule has 32 heavy (non-hydrogen) atoms. The summed E-state index contributed by atoms with van der Waals surface area (Å²) in [4.78, 5) is 28.1. The second-order valence-electron chi connectivity index (χ2n) is 7.30. The summed E-state index contributed by atoms with van der Waals surface area (Å²) in [6.45, 7) is 1.34. The molecule has 1 atom stereocenters. The smallest absolute Gasteiger partial charge is 0.257 e. The van der Waals surface area contributed by atoms with Crippen molar-refractivity contribution >= 4 is 27.5 Å². The molecule has 4 heterocycles. The van der Waals surface area contributed by atoms with Crippen LogP contribution >= 0.6 is 11.3 Å². The summed E-state index contributed by atoms with van der Waals surface area (Å²) in [5.41, 5.74) is 2.38. The minimum absolute atomic E-state index is 0.150. The number of carbonyl (C=O) groups excluding carboxylic acids is 1. The van der Waals surface area contributed by atoms with Crippen molar-refractivity contribution in [3.8, 4) is 23.1 Å². The zero-order valence-electron chi connectivity index (χ0n) is 17.3. The zero-order chi connectivity index (χ0) is 22.1. The first-order valence-electron chi connectivity index (χ1n) is 10.1. The lowest BCUT2D eigenvalue weighted by molar-refractivity contribution is -0.0227. The molecule has 8 nitrogen and oxygen atoms in total. The minimum atomic E-state index is -0.226. The fraction of sp³-hybridized carbons (Fsp3) is 0.217. The summed E-state index contributed by atoms with van der Waals surface area (Å²) in [6, 6.07) is 13.0. The third-order valence-corrected chi connectivity index (χ3v) is 6.33. The van der Waals surface area contributed by atoms with Crippen molar-refractivity contribution in [2.75, 3.05) is 26.8 Å². The number of nitrogens with zero attached hydrogens (tertiary/aromatic N) is 4. The van der Waals surface area contributed by atoms with E-state index in [4.69, 9.17) is 9.47 Å². The van der Waals surface area contributed by atoms with Crippen molar-refractivity contribution in [3.63, 3.8) is 0 Å². The molecule has 1 unspecified atom stereocenters. The average Bonchev–Trinajstić information content (AvgIpc) is 3.29. The summed E-state index contributed by atoms with van der Waals surface area (Å²) in [7, 11) is 1.62. The van der Waals surface area contributed by atoms with Crippen molar-refractivity contribution in [1.29, 1.82) is 0 Å². The van der Waals surface area contributed by atoms with Crippen LogP contribution in [0, 0.1) is 0 Å². The van der Waals surface area contributed by atoms with Crippen molar-refractivity contribution < 1.29 is 19.4 Å². The number of benzene rings is 1. The summed E-state index contributed by atoms with van der Waals surface area (Å²) < 4.78 is 11.6. The number of aromatic hydroxyl groups is 1. The maximum atomic E-state index is 13.4. The lowest BCUT2D eigenvalue weighted by atomic mass is 10.1. The summed E-state index contributed by atoms with van der Waals surface area (Å²) in [6.07, 6.45) is 1.41. The lowest BCUT2D eigenvalue weighted by Crippen LogP contribution is -2.42. The molecule has 1 aromatic carbocycles. The largest absolute Gasteiger partial charge is 0.497 e. The third-order valence-electron chi connectivity index (χ3n) is 5.36. The highest BCUT2D eigenvalue weighted by molar-refractivity contribution is 7.17. The molecule has 1 N–H and O–H groups in total. The van der Waals surface area contributed by atoms with Gasteiger partial charge in [-0.15, -0.1) is 11.3 Å². The van der Waals surface area contributed by atoms with E-state index in [0.29, 0.717) is 41.2 Å². The number of thiophene rings is 1. The van der Waals surface area contributed by atoms with Gasteiger partial charge in [-0.3, -0.25) is 9.78 Å². The van der Waals surface area contributed by atoms with Crippen LogP contribution in [0.5, 0.6) is 11.6 Å². The Labute approximate surface area is 188 Å². The van der Waals surface area contributed by atoms with E-state index in [2.05, 4.69) is 15.0 Å². The van der Waals surface area contributed by atoms with Gasteiger partial charge in [-0.25, -0.2) is 4.98 Å². The van der Waals surface area contributed by atoms with Crippen LogP contribution < -0.4 is 4.74 Å². The maximum absolute atomic E-state index is 13.4. The summed E-state index contributed by atoms with van der Waals surface area (Å²) in [5.74, 6) is 0.743. The first kappa shape index (κ1) is 20.3. The van der Waals surface area contributed by atoms with E-state index in [-0.39, 0.29) is 23.7 Å². The van der Waals surface area contributed by atoms with E-state index in [0.717, 1.165) is 11.3 Å². The topological polar surface area (TPSA) is 97.7 Å². The Hall–Kier alpha value is -3.56. The van der Waals surface area contributed by atoms with Gasteiger partial charge < -0.3 is 19.5 Å². The van der Waals surface area contributed by atoms with Crippen LogP contribution in [-0.2, 0) is 4.74 Å². The quantitative estimate of drug-likeness (QED) is 0.509. The van der Waals surface area contributed by atoms with E-state index in [1.807, 2.05) is 30.3 Å². The number of methoxy groups -OCH3 is 1. The Morgan fingerprint density at radius 1 is 1.22 bits per heavy atom. The fourth-order valence-corrected chi connectivity index (χ4v) is 4.56. The molecule has 1 fully saturated rings. The Morgan fingerprint density at radius 2 is 2.06 bits per heavy atom. The number of pyridine rings is 1. The average molecular weight is 449 g/mol. The van der Waals surface area contributed by atoms with Crippen molar-refractivity contribution in [1.82, 2.24) is 19.9 Å². The van der Waals surface area contributed by atoms with Gasteiger partial charge in [0.25, 0.3) is 5.91 Å². The molecule has 1 saturated heterocycles. The predicted molar refractivity (Wildman–Crippen MR) is 120 cm³/mol. The molecule has 1 amide bonds. The van der Waals surface area contributed by atoms with Crippen molar-refractivity contribution in [3.05, 3.63) is 65.2 Å². The molecule has 1 aliphatic heterocycles. The van der Waals surface area contributed by atoms with E-state index < -0.39 is 0 Å². The van der Waals surface area contributed by atoms with Gasteiger partial charge in [-0.2, -0.15) is 4.98 Å². The number of amides is 1. The van der Waals surface area contributed by atoms with Gasteiger partial charge in [-0.05, 0) is 29.8 Å². The SMILES string of the molecule is COc1ccc(C2CN(C(=O)c3csc4c(O)nc(-c5ccccn5)nc34)CCO2)cc1. The summed E-state index contributed by atoms with van der Waals surface area (Å²) in [5, 5.41) is 12.2. The number of morpholine rings is 1. The van der Waals surface area contributed by atoms with Crippen LogP contribution in [-0.4, -0.2) is 57.7 Å². The Bertz CT molecular complexity index is 1260. The van der Waals surface area contributed by atoms with Crippen molar-refractivity contribution in [2.24, 2.45) is 0 Å². The lowest BCUT2D eigenvalue weighted by Gasteiger charge is -2.33. The first-order valence-corrected chi connectivity index (χ1v) is 11.0. The normalized spacial score (nSPS) is 16.3. The van der Waals surface area contributed by atoms with E-state index in [9.17, 15) is 9.90 Å². The van der Waals surface area contributed by atoms with Gasteiger partial charge >= 0.3 is 0 Å².